The van der Waals surface area contributed by atoms with Crippen LogP contribution in [0.1, 0.15) is 26.3 Å². The molecule has 18 heavy (non-hydrogen) atoms. The first-order chi connectivity index (χ1) is 8.53. The first kappa shape index (κ1) is 13.3. The number of thioether (sulfide) groups is 1. The summed E-state index contributed by atoms with van der Waals surface area (Å²) < 4.78 is 9.99. The minimum Gasteiger partial charge on any atom is -0.493 e. The number of fused-ring (bicyclic) bond motifs is 1. The van der Waals surface area contributed by atoms with Gasteiger partial charge < -0.3 is 9.47 Å². The molecular weight excluding hydrogens is 248 g/mol. The van der Waals surface area contributed by atoms with Gasteiger partial charge in [0, 0.05) is 11.3 Å². The van der Waals surface area contributed by atoms with Crippen molar-refractivity contribution in [2.75, 3.05) is 13.2 Å². The Hall–Kier alpha value is -1.16. The van der Waals surface area contributed by atoms with Crippen molar-refractivity contribution in [1.29, 1.82) is 0 Å². The number of hydrogen-bond acceptors (Lipinski definition) is 4. The van der Waals surface area contributed by atoms with Crippen LogP contribution in [-0.2, 0) is 16.0 Å². The topological polar surface area (TPSA) is 35.5 Å². The molecule has 3 nitrogen and oxygen atoms in total. The highest BCUT2D eigenvalue weighted by Gasteiger charge is 2.30. The highest BCUT2D eigenvalue weighted by Crippen LogP contribution is 2.37. The average Bonchev–Trinajstić information content (AvgIpc) is 2.76. The van der Waals surface area contributed by atoms with E-state index in [1.165, 1.54) is 17.3 Å². The first-order valence-electron chi connectivity index (χ1n) is 6.15. The van der Waals surface area contributed by atoms with Gasteiger partial charge in [0.1, 0.15) is 10.5 Å². The summed E-state index contributed by atoms with van der Waals surface area (Å²) in [6.45, 7) is 6.77. The minimum absolute atomic E-state index is 0.174. The number of rotatable bonds is 4. The Bertz CT molecular complexity index is 454. The van der Waals surface area contributed by atoms with E-state index in [0.29, 0.717) is 6.61 Å². The lowest BCUT2D eigenvalue weighted by Crippen LogP contribution is -2.29. The zero-order valence-corrected chi connectivity index (χ0v) is 11.8. The molecule has 0 radical (unpaired) electrons. The fraction of sp³-hybridized carbons (Fsp3) is 0.500. The standard InChI is InChI=1S/C14H18O3S/c1-4-16-13(15)14(2,3)18-11-5-6-12-10(9-11)7-8-17-12/h5-6,9H,4,7-8H2,1-3H3. The van der Waals surface area contributed by atoms with Gasteiger partial charge in [-0.2, -0.15) is 0 Å². The van der Waals surface area contributed by atoms with Crippen molar-refractivity contribution in [2.45, 2.75) is 36.8 Å². The zero-order valence-electron chi connectivity index (χ0n) is 11.0. The zero-order chi connectivity index (χ0) is 13.2. The molecule has 0 aromatic heterocycles. The number of carbonyl (C=O) groups is 1. The monoisotopic (exact) mass is 266 g/mol. The van der Waals surface area contributed by atoms with Crippen molar-refractivity contribution in [2.24, 2.45) is 0 Å². The maximum atomic E-state index is 11.8. The van der Waals surface area contributed by atoms with E-state index in [2.05, 4.69) is 6.07 Å². The van der Waals surface area contributed by atoms with Gasteiger partial charge in [0.15, 0.2) is 0 Å². The number of hydrogen-bond donors (Lipinski definition) is 0. The van der Waals surface area contributed by atoms with Crippen molar-refractivity contribution < 1.29 is 14.3 Å². The highest BCUT2D eigenvalue weighted by molar-refractivity contribution is 8.01. The van der Waals surface area contributed by atoms with Gasteiger partial charge in [0.2, 0.25) is 0 Å². The van der Waals surface area contributed by atoms with Crippen LogP contribution in [0.2, 0.25) is 0 Å². The van der Waals surface area contributed by atoms with E-state index < -0.39 is 4.75 Å². The minimum atomic E-state index is -0.566. The summed E-state index contributed by atoms with van der Waals surface area (Å²) in [5.41, 5.74) is 1.22. The number of ether oxygens (including phenoxy) is 2. The normalized spacial score (nSPS) is 13.9. The van der Waals surface area contributed by atoms with Gasteiger partial charge in [-0.05, 0) is 44.5 Å². The molecule has 0 saturated carbocycles. The van der Waals surface area contributed by atoms with E-state index >= 15 is 0 Å². The van der Waals surface area contributed by atoms with Crippen molar-refractivity contribution in [3.63, 3.8) is 0 Å². The van der Waals surface area contributed by atoms with Crippen LogP contribution in [0.15, 0.2) is 23.1 Å². The molecule has 0 unspecified atom stereocenters. The molecule has 0 N–H and O–H groups in total. The molecule has 98 valence electrons. The lowest BCUT2D eigenvalue weighted by atomic mass is 10.2. The van der Waals surface area contributed by atoms with E-state index in [0.717, 1.165) is 23.7 Å². The van der Waals surface area contributed by atoms with Crippen LogP contribution >= 0.6 is 11.8 Å². The molecule has 0 atom stereocenters. The largest absolute Gasteiger partial charge is 0.493 e. The number of benzene rings is 1. The van der Waals surface area contributed by atoms with Gasteiger partial charge in [-0.1, -0.05) is 0 Å². The van der Waals surface area contributed by atoms with Crippen LogP contribution in [-0.4, -0.2) is 23.9 Å². The van der Waals surface area contributed by atoms with E-state index in [1.807, 2.05) is 32.9 Å². The van der Waals surface area contributed by atoms with E-state index in [9.17, 15) is 4.79 Å². The molecule has 4 heteroatoms. The van der Waals surface area contributed by atoms with E-state index in [-0.39, 0.29) is 5.97 Å². The Morgan fingerprint density at radius 2 is 2.28 bits per heavy atom. The van der Waals surface area contributed by atoms with Crippen molar-refractivity contribution >= 4 is 17.7 Å². The second-order valence-electron chi connectivity index (χ2n) is 4.70. The fourth-order valence-electron chi connectivity index (χ4n) is 1.87. The van der Waals surface area contributed by atoms with Crippen molar-refractivity contribution in [3.8, 4) is 5.75 Å². The third kappa shape index (κ3) is 2.80. The summed E-state index contributed by atoms with van der Waals surface area (Å²) in [7, 11) is 0. The van der Waals surface area contributed by atoms with Gasteiger partial charge in [0.25, 0.3) is 0 Å². The average molecular weight is 266 g/mol. The number of carbonyl (C=O) groups excluding carboxylic acids is 1. The molecule has 1 aliphatic heterocycles. The Morgan fingerprint density at radius 1 is 1.50 bits per heavy atom. The second kappa shape index (κ2) is 5.22. The second-order valence-corrected chi connectivity index (χ2v) is 6.40. The van der Waals surface area contributed by atoms with Gasteiger partial charge in [-0.15, -0.1) is 11.8 Å². The Morgan fingerprint density at radius 3 is 3.00 bits per heavy atom. The Balaban J connectivity index is 2.11. The molecular formula is C14H18O3S. The molecule has 0 aliphatic carbocycles. The molecule has 2 rings (SSSR count). The Kier molecular flexibility index (Phi) is 3.85. The third-order valence-electron chi connectivity index (χ3n) is 2.80. The molecule has 0 saturated heterocycles. The molecule has 0 amide bonds. The van der Waals surface area contributed by atoms with E-state index in [1.54, 1.807) is 0 Å². The van der Waals surface area contributed by atoms with E-state index in [4.69, 9.17) is 9.47 Å². The van der Waals surface area contributed by atoms with Crippen LogP contribution in [0.5, 0.6) is 5.75 Å². The molecule has 1 aromatic rings. The van der Waals surface area contributed by atoms with Gasteiger partial charge in [-0.3, -0.25) is 4.79 Å². The highest BCUT2D eigenvalue weighted by atomic mass is 32.2. The predicted octanol–water partition coefficient (Wildman–Crippen LogP) is 3.06. The lowest BCUT2D eigenvalue weighted by molar-refractivity contribution is -0.145. The predicted molar refractivity (Wildman–Crippen MR) is 72.2 cm³/mol. The van der Waals surface area contributed by atoms with Crippen LogP contribution < -0.4 is 4.74 Å². The molecule has 1 heterocycles. The summed E-state index contributed by atoms with van der Waals surface area (Å²) in [5, 5.41) is 0. The quantitative estimate of drug-likeness (QED) is 0.620. The van der Waals surface area contributed by atoms with Crippen LogP contribution in [0.3, 0.4) is 0 Å². The molecule has 1 aliphatic rings. The van der Waals surface area contributed by atoms with Crippen molar-refractivity contribution in [1.82, 2.24) is 0 Å². The number of esters is 1. The van der Waals surface area contributed by atoms with Crippen LogP contribution in [0, 0.1) is 0 Å². The smallest absolute Gasteiger partial charge is 0.321 e. The molecule has 1 aromatic carbocycles. The van der Waals surface area contributed by atoms with Gasteiger partial charge in [-0.25, -0.2) is 0 Å². The molecule has 0 bridgehead atoms. The summed E-state index contributed by atoms with van der Waals surface area (Å²) in [6.07, 6.45) is 0.948. The maximum absolute atomic E-state index is 11.8. The lowest BCUT2D eigenvalue weighted by Gasteiger charge is -2.21. The summed E-state index contributed by atoms with van der Waals surface area (Å²) in [6, 6.07) is 6.08. The SMILES string of the molecule is CCOC(=O)C(C)(C)Sc1ccc2c(c1)CCO2. The van der Waals surface area contributed by atoms with Crippen LogP contribution in [0.4, 0.5) is 0 Å². The molecule has 0 fully saturated rings. The summed E-state index contributed by atoms with van der Waals surface area (Å²) in [5.74, 6) is 0.792. The first-order valence-corrected chi connectivity index (χ1v) is 6.96. The summed E-state index contributed by atoms with van der Waals surface area (Å²) in [4.78, 5) is 12.9. The van der Waals surface area contributed by atoms with Gasteiger partial charge >= 0.3 is 5.97 Å². The third-order valence-corrected chi connectivity index (χ3v) is 3.97. The fourth-order valence-corrected chi connectivity index (χ4v) is 2.94. The van der Waals surface area contributed by atoms with Gasteiger partial charge in [0.05, 0.1) is 13.2 Å². The van der Waals surface area contributed by atoms with Crippen LogP contribution in [0.25, 0.3) is 0 Å². The Labute approximate surface area is 112 Å². The molecule has 0 spiro atoms. The van der Waals surface area contributed by atoms with Crippen molar-refractivity contribution in [3.05, 3.63) is 23.8 Å². The summed E-state index contributed by atoms with van der Waals surface area (Å²) >= 11 is 1.53. The maximum Gasteiger partial charge on any atom is 0.321 e.